The lowest BCUT2D eigenvalue weighted by molar-refractivity contribution is 0.0982. The fourth-order valence-electron chi connectivity index (χ4n) is 2.29. The van der Waals surface area contributed by atoms with E-state index in [9.17, 15) is 4.79 Å². The molecule has 0 atom stereocenters. The molecule has 0 radical (unpaired) electrons. The van der Waals surface area contributed by atoms with Gasteiger partial charge in [-0.3, -0.25) is 4.79 Å². The van der Waals surface area contributed by atoms with Crippen LogP contribution in [0.3, 0.4) is 0 Å². The third-order valence-corrected chi connectivity index (χ3v) is 3.14. The zero-order valence-electron chi connectivity index (χ0n) is 11.4. The van der Waals surface area contributed by atoms with Gasteiger partial charge in [-0.05, 0) is 50.1 Å². The number of rotatable bonds is 4. The van der Waals surface area contributed by atoms with Crippen LogP contribution < -0.4 is 5.73 Å². The number of anilines is 1. The lowest BCUT2D eigenvalue weighted by atomic mass is 9.99. The zero-order valence-corrected chi connectivity index (χ0v) is 11.4. The van der Waals surface area contributed by atoms with Gasteiger partial charge in [-0.1, -0.05) is 29.3 Å². The van der Waals surface area contributed by atoms with Crippen molar-refractivity contribution in [3.63, 3.8) is 0 Å². The Bertz CT molecular complexity index is 582. The van der Waals surface area contributed by atoms with Crippen LogP contribution in [0.15, 0.2) is 42.5 Å². The molecular weight excluding hydrogens is 234 g/mol. The van der Waals surface area contributed by atoms with Crippen LogP contribution in [0.2, 0.25) is 0 Å². The summed E-state index contributed by atoms with van der Waals surface area (Å²) in [5, 5.41) is 0. The maximum absolute atomic E-state index is 12.2. The summed E-state index contributed by atoms with van der Waals surface area (Å²) in [6.07, 6.45) is 1.25. The van der Waals surface area contributed by atoms with E-state index in [1.54, 1.807) is 0 Å². The third-order valence-electron chi connectivity index (χ3n) is 3.14. The second-order valence-corrected chi connectivity index (χ2v) is 5.04. The number of hydrogen-bond acceptors (Lipinski definition) is 2. The fourth-order valence-corrected chi connectivity index (χ4v) is 2.29. The summed E-state index contributed by atoms with van der Waals surface area (Å²) < 4.78 is 0. The molecule has 0 aliphatic heterocycles. The SMILES string of the molecule is Cc1cc(C)cc(C(=O)CCc2cccc(N)c2)c1. The van der Waals surface area contributed by atoms with E-state index >= 15 is 0 Å². The van der Waals surface area contributed by atoms with Gasteiger partial charge in [-0.15, -0.1) is 0 Å². The lowest BCUT2D eigenvalue weighted by Crippen LogP contribution is -2.02. The maximum atomic E-state index is 12.2. The van der Waals surface area contributed by atoms with Crippen LogP contribution in [0, 0.1) is 13.8 Å². The van der Waals surface area contributed by atoms with Gasteiger partial charge in [0.1, 0.15) is 0 Å². The highest BCUT2D eigenvalue weighted by molar-refractivity contribution is 5.96. The predicted molar refractivity (Wildman–Crippen MR) is 79.4 cm³/mol. The molecule has 0 bridgehead atoms. The number of nitrogen functional groups attached to an aromatic ring is 1. The Morgan fingerprint density at radius 1 is 1.05 bits per heavy atom. The number of hydrogen-bond donors (Lipinski definition) is 1. The molecule has 2 rings (SSSR count). The van der Waals surface area contributed by atoms with E-state index in [1.165, 1.54) is 0 Å². The summed E-state index contributed by atoms with van der Waals surface area (Å²) in [5.74, 6) is 0.189. The van der Waals surface area contributed by atoms with Crippen LogP contribution in [-0.2, 0) is 6.42 Å². The van der Waals surface area contributed by atoms with Gasteiger partial charge in [-0.2, -0.15) is 0 Å². The van der Waals surface area contributed by atoms with Crippen LogP contribution in [-0.4, -0.2) is 5.78 Å². The second kappa shape index (κ2) is 5.70. The van der Waals surface area contributed by atoms with Gasteiger partial charge >= 0.3 is 0 Å². The summed E-state index contributed by atoms with van der Waals surface area (Å²) in [6, 6.07) is 13.7. The standard InChI is InChI=1S/C17H19NO/c1-12-8-13(2)10-15(9-12)17(19)7-6-14-4-3-5-16(18)11-14/h3-5,8-11H,6-7,18H2,1-2H3. The Morgan fingerprint density at radius 2 is 1.74 bits per heavy atom. The quantitative estimate of drug-likeness (QED) is 0.667. The van der Waals surface area contributed by atoms with Crippen molar-refractivity contribution >= 4 is 11.5 Å². The van der Waals surface area contributed by atoms with Gasteiger partial charge in [-0.25, -0.2) is 0 Å². The molecule has 0 saturated carbocycles. The van der Waals surface area contributed by atoms with Crippen LogP contribution in [0.5, 0.6) is 0 Å². The molecule has 0 fully saturated rings. The van der Waals surface area contributed by atoms with Crippen LogP contribution in [0.1, 0.15) is 33.5 Å². The first-order chi connectivity index (χ1) is 9.04. The smallest absolute Gasteiger partial charge is 0.163 e. The molecule has 0 unspecified atom stereocenters. The molecule has 19 heavy (non-hydrogen) atoms. The Kier molecular flexibility index (Phi) is 4.00. The monoisotopic (exact) mass is 253 g/mol. The summed E-state index contributed by atoms with van der Waals surface area (Å²) in [7, 11) is 0. The molecule has 0 heterocycles. The summed E-state index contributed by atoms with van der Waals surface area (Å²) in [4.78, 5) is 12.2. The number of ketones is 1. The first-order valence-corrected chi connectivity index (χ1v) is 6.50. The van der Waals surface area contributed by atoms with Gasteiger partial charge < -0.3 is 5.73 Å². The molecule has 0 aliphatic rings. The highest BCUT2D eigenvalue weighted by Gasteiger charge is 2.07. The average Bonchev–Trinajstić information content (AvgIpc) is 2.35. The van der Waals surface area contributed by atoms with Gasteiger partial charge in [0.15, 0.2) is 5.78 Å². The number of nitrogens with two attached hydrogens (primary N) is 1. The topological polar surface area (TPSA) is 43.1 Å². The molecular formula is C17H19NO. The first kappa shape index (κ1) is 13.3. The highest BCUT2D eigenvalue weighted by atomic mass is 16.1. The Balaban J connectivity index is 2.05. The average molecular weight is 253 g/mol. The number of carbonyl (C=O) groups is 1. The van der Waals surface area contributed by atoms with Crippen LogP contribution in [0.25, 0.3) is 0 Å². The van der Waals surface area contributed by atoms with E-state index in [-0.39, 0.29) is 5.78 Å². The molecule has 2 N–H and O–H groups in total. The van der Waals surface area contributed by atoms with E-state index in [2.05, 4.69) is 6.07 Å². The maximum Gasteiger partial charge on any atom is 0.163 e. The molecule has 0 saturated heterocycles. The van der Waals surface area contributed by atoms with E-state index in [0.717, 1.165) is 34.4 Å². The molecule has 2 aromatic carbocycles. The zero-order chi connectivity index (χ0) is 13.8. The number of carbonyl (C=O) groups excluding carboxylic acids is 1. The largest absolute Gasteiger partial charge is 0.399 e. The number of Topliss-reactive ketones (excluding diaryl/α,β-unsaturated/α-hetero) is 1. The minimum Gasteiger partial charge on any atom is -0.399 e. The lowest BCUT2D eigenvalue weighted by Gasteiger charge is -2.05. The summed E-state index contributed by atoms with van der Waals surface area (Å²) >= 11 is 0. The summed E-state index contributed by atoms with van der Waals surface area (Å²) in [6.45, 7) is 4.03. The molecule has 98 valence electrons. The Hall–Kier alpha value is -2.09. The fraction of sp³-hybridized carbons (Fsp3) is 0.235. The van der Waals surface area contributed by atoms with Crippen molar-refractivity contribution in [1.29, 1.82) is 0 Å². The van der Waals surface area contributed by atoms with E-state index in [0.29, 0.717) is 6.42 Å². The van der Waals surface area contributed by atoms with Crippen molar-refractivity contribution < 1.29 is 4.79 Å². The van der Waals surface area contributed by atoms with Gasteiger partial charge in [0.25, 0.3) is 0 Å². The summed E-state index contributed by atoms with van der Waals surface area (Å²) in [5.41, 5.74) is 10.7. The minimum absolute atomic E-state index is 0.189. The predicted octanol–water partition coefficient (Wildman–Crippen LogP) is 3.70. The van der Waals surface area contributed by atoms with Gasteiger partial charge in [0, 0.05) is 17.7 Å². The van der Waals surface area contributed by atoms with Crippen molar-refractivity contribution in [2.24, 2.45) is 0 Å². The molecule has 2 heteroatoms. The van der Waals surface area contributed by atoms with Gasteiger partial charge in [0.2, 0.25) is 0 Å². The molecule has 2 nitrogen and oxygen atoms in total. The molecule has 2 aromatic rings. The minimum atomic E-state index is 0.189. The molecule has 0 amide bonds. The Morgan fingerprint density at radius 3 is 2.37 bits per heavy atom. The van der Waals surface area contributed by atoms with Crippen LogP contribution in [0.4, 0.5) is 5.69 Å². The van der Waals surface area contributed by atoms with Crippen molar-refractivity contribution in [2.45, 2.75) is 26.7 Å². The van der Waals surface area contributed by atoms with Crippen molar-refractivity contribution in [1.82, 2.24) is 0 Å². The van der Waals surface area contributed by atoms with E-state index < -0.39 is 0 Å². The van der Waals surface area contributed by atoms with Crippen molar-refractivity contribution in [3.05, 3.63) is 64.7 Å². The normalized spacial score (nSPS) is 10.4. The second-order valence-electron chi connectivity index (χ2n) is 5.04. The molecule has 0 spiro atoms. The molecule has 0 aliphatic carbocycles. The number of benzene rings is 2. The van der Waals surface area contributed by atoms with E-state index in [1.807, 2.05) is 50.2 Å². The van der Waals surface area contributed by atoms with Crippen LogP contribution >= 0.6 is 0 Å². The van der Waals surface area contributed by atoms with Crippen molar-refractivity contribution in [3.8, 4) is 0 Å². The highest BCUT2D eigenvalue weighted by Crippen LogP contribution is 2.14. The van der Waals surface area contributed by atoms with E-state index in [4.69, 9.17) is 5.73 Å². The van der Waals surface area contributed by atoms with Crippen molar-refractivity contribution in [2.75, 3.05) is 5.73 Å². The third kappa shape index (κ3) is 3.68. The Labute approximate surface area is 114 Å². The van der Waals surface area contributed by atoms with Gasteiger partial charge in [0.05, 0.1) is 0 Å². The first-order valence-electron chi connectivity index (χ1n) is 6.50. The number of aryl methyl sites for hydroxylation is 3. The molecule has 0 aromatic heterocycles.